The second-order valence-electron chi connectivity index (χ2n) is 14.2. The van der Waals surface area contributed by atoms with Crippen LogP contribution in [0, 0.1) is 0 Å². The summed E-state index contributed by atoms with van der Waals surface area (Å²) in [5, 5.41) is 3.55. The van der Waals surface area contributed by atoms with E-state index in [1.54, 1.807) is 0 Å². The van der Waals surface area contributed by atoms with Crippen molar-refractivity contribution in [1.29, 1.82) is 0 Å². The zero-order valence-corrected chi connectivity index (χ0v) is 34.2. The Labute approximate surface area is 306 Å². The lowest BCUT2D eigenvalue weighted by molar-refractivity contribution is -0.515. The number of amidine groups is 1. The van der Waals surface area contributed by atoms with E-state index in [9.17, 15) is 4.79 Å². The fraction of sp³-hybridized carbons (Fsp3) is 0.952. The number of likely N-dealkylation sites (N-methyl/N-ethyl adjacent to an activating group) is 1. The van der Waals surface area contributed by atoms with Gasteiger partial charge >= 0.3 is 5.97 Å². The molecule has 0 aromatic rings. The quantitative estimate of drug-likeness (QED) is 0.0407. The van der Waals surface area contributed by atoms with E-state index in [1.165, 1.54) is 212 Å². The van der Waals surface area contributed by atoms with E-state index in [1.807, 2.05) is 6.92 Å². The van der Waals surface area contributed by atoms with Crippen LogP contribution in [-0.4, -0.2) is 42.6 Å². The van der Waals surface area contributed by atoms with Crippen molar-refractivity contribution in [2.24, 2.45) is 0 Å². The Kier molecular flexibility index (Phi) is 42.9. The molecule has 1 heterocycles. The molecule has 0 aromatic carbocycles. The average Bonchev–Trinajstić information content (AvgIpc) is 3.52. The van der Waals surface area contributed by atoms with Crippen LogP contribution in [0.5, 0.6) is 0 Å². The molecule has 1 rings (SSSR count). The molecule has 0 atom stereocenters. The fourth-order valence-electron chi connectivity index (χ4n) is 6.71. The predicted molar refractivity (Wildman–Crippen MR) is 204 cm³/mol. The highest BCUT2D eigenvalue weighted by Gasteiger charge is 2.18. The van der Waals surface area contributed by atoms with Crippen LogP contribution < -0.4 is 22.3 Å². The highest BCUT2D eigenvalue weighted by molar-refractivity contribution is 5.78. The number of nitrogens with zero attached hydrogens (tertiary/aromatic N) is 1. The molecule has 0 amide bonds. The first kappa shape index (κ1) is 48.5. The number of hydrogen-bond donors (Lipinski definition) is 1. The van der Waals surface area contributed by atoms with Gasteiger partial charge in [-0.15, -0.1) is 0 Å². The molecule has 0 aromatic heterocycles. The molecular weight excluding hydrogens is 644 g/mol. The molecule has 47 heavy (non-hydrogen) atoms. The van der Waals surface area contributed by atoms with Gasteiger partial charge in [0.2, 0.25) is 5.84 Å². The van der Waals surface area contributed by atoms with Crippen LogP contribution in [-0.2, 0) is 9.53 Å². The van der Waals surface area contributed by atoms with E-state index in [0.717, 1.165) is 13.0 Å². The van der Waals surface area contributed by atoms with Crippen LogP contribution in [0.25, 0.3) is 0 Å². The number of ether oxygens (including phenoxy) is 1. The lowest BCUT2D eigenvalue weighted by atomic mass is 10.0. The van der Waals surface area contributed by atoms with Gasteiger partial charge in [-0.2, -0.15) is 0 Å². The third-order valence-electron chi connectivity index (χ3n) is 9.78. The number of halogens is 1. The molecule has 0 radical (unpaired) electrons. The van der Waals surface area contributed by atoms with Gasteiger partial charge in [-0.3, -0.25) is 14.7 Å². The van der Waals surface area contributed by atoms with Crippen molar-refractivity contribution in [3.05, 3.63) is 0 Å². The van der Waals surface area contributed by atoms with Crippen molar-refractivity contribution in [2.75, 3.05) is 26.2 Å². The Balaban J connectivity index is 0. The van der Waals surface area contributed by atoms with Crippen molar-refractivity contribution in [1.82, 2.24) is 5.32 Å². The van der Waals surface area contributed by atoms with E-state index in [2.05, 4.69) is 30.7 Å². The van der Waals surface area contributed by atoms with Crippen LogP contribution in [0.4, 0.5) is 0 Å². The number of nitrogens with one attached hydrogen (secondary N) is 1. The highest BCUT2D eigenvalue weighted by atomic mass is 79.9. The number of unbranched alkanes of at least 4 members (excludes halogenated alkanes) is 28. The van der Waals surface area contributed by atoms with Gasteiger partial charge in [-0.05, 0) is 26.7 Å². The maximum Gasteiger partial charge on any atom is 0.305 e. The van der Waals surface area contributed by atoms with Gasteiger partial charge < -0.3 is 21.7 Å². The fourth-order valence-corrected chi connectivity index (χ4v) is 6.71. The van der Waals surface area contributed by atoms with E-state index in [4.69, 9.17) is 4.74 Å². The summed E-state index contributed by atoms with van der Waals surface area (Å²) in [4.78, 5) is 11.2. The Morgan fingerprint density at radius 1 is 0.532 bits per heavy atom. The summed E-state index contributed by atoms with van der Waals surface area (Å²) in [6.07, 6.45) is 44.0. The van der Waals surface area contributed by atoms with Crippen LogP contribution in [0.15, 0.2) is 0 Å². The molecule has 0 unspecified atom stereocenters. The van der Waals surface area contributed by atoms with Gasteiger partial charge in [0.15, 0.2) is 0 Å². The van der Waals surface area contributed by atoms with Crippen molar-refractivity contribution < 1.29 is 31.1 Å². The molecule has 5 heteroatoms. The third kappa shape index (κ3) is 36.5. The van der Waals surface area contributed by atoms with Gasteiger partial charge in [0.05, 0.1) is 13.2 Å². The largest absolute Gasteiger partial charge is 1.00 e. The van der Waals surface area contributed by atoms with Crippen LogP contribution in [0.2, 0.25) is 0 Å². The van der Waals surface area contributed by atoms with Gasteiger partial charge in [0.1, 0.15) is 13.1 Å². The minimum atomic E-state index is -0.0304. The summed E-state index contributed by atoms with van der Waals surface area (Å²) in [6.45, 7) is 12.8. The highest BCUT2D eigenvalue weighted by Crippen LogP contribution is 2.15. The van der Waals surface area contributed by atoms with Gasteiger partial charge in [0, 0.05) is 12.8 Å². The molecule has 282 valence electrons. The maximum atomic E-state index is 11.2. The SMILES string of the molecule is CCCCCCCCCCCCCCCCCC(=O)OCC.CCCCCCCCCCCCCCCCCC1=[N+](CC)CCN1.[Br-]. The summed E-state index contributed by atoms with van der Waals surface area (Å²) in [7, 11) is 0. The molecule has 0 saturated heterocycles. The number of rotatable bonds is 34. The topological polar surface area (TPSA) is 41.3 Å². The Bertz CT molecular complexity index is 655. The number of esters is 1. The number of carbonyl (C=O) groups is 1. The van der Waals surface area contributed by atoms with Crippen molar-refractivity contribution in [2.45, 2.75) is 233 Å². The first-order valence-corrected chi connectivity index (χ1v) is 21.2. The van der Waals surface area contributed by atoms with Gasteiger partial charge in [-0.25, -0.2) is 0 Å². The van der Waals surface area contributed by atoms with E-state index < -0.39 is 0 Å². The first-order valence-electron chi connectivity index (χ1n) is 21.2. The summed E-state index contributed by atoms with van der Waals surface area (Å²) in [5.41, 5.74) is 0. The first-order chi connectivity index (χ1) is 22.7. The van der Waals surface area contributed by atoms with Crippen LogP contribution in [0.3, 0.4) is 0 Å². The minimum Gasteiger partial charge on any atom is -1.00 e. The normalized spacial score (nSPS) is 12.4. The molecule has 0 spiro atoms. The lowest BCUT2D eigenvalue weighted by Crippen LogP contribution is -3.00. The molecule has 1 aliphatic heterocycles. The molecule has 1 aliphatic rings. The van der Waals surface area contributed by atoms with Gasteiger partial charge in [-0.1, -0.05) is 194 Å². The van der Waals surface area contributed by atoms with E-state index in [-0.39, 0.29) is 23.0 Å². The Morgan fingerprint density at radius 3 is 1.21 bits per heavy atom. The molecule has 0 fully saturated rings. The second kappa shape index (κ2) is 41.6. The monoisotopic (exact) mass is 729 g/mol. The lowest BCUT2D eigenvalue weighted by Gasteiger charge is -2.04. The molecule has 0 bridgehead atoms. The molecule has 4 nitrogen and oxygen atoms in total. The Morgan fingerprint density at radius 2 is 0.872 bits per heavy atom. The van der Waals surface area contributed by atoms with E-state index >= 15 is 0 Å². The summed E-state index contributed by atoms with van der Waals surface area (Å²) >= 11 is 0. The standard InChI is InChI=1S/C22H44N2.C20H40O2.BrH/c1-3-5-6-7-8-9-10-11-12-13-14-15-16-17-18-19-22-23-20-21-24(22)4-2;1-3-5-6-7-8-9-10-11-12-13-14-15-16-17-18-19-20(21)22-4-2;/h3-21H2,1-2H3;3-19H2,1-2H3;1H. The van der Waals surface area contributed by atoms with Gasteiger partial charge in [0.25, 0.3) is 0 Å². The molecule has 0 saturated carbocycles. The summed E-state index contributed by atoms with van der Waals surface area (Å²) < 4.78 is 7.43. The molecular formula is C42H85BrN2O2. The zero-order valence-electron chi connectivity index (χ0n) is 32.6. The van der Waals surface area contributed by atoms with Crippen molar-refractivity contribution in [3.63, 3.8) is 0 Å². The summed E-state index contributed by atoms with van der Waals surface area (Å²) in [5.74, 6) is 1.48. The summed E-state index contributed by atoms with van der Waals surface area (Å²) in [6, 6.07) is 0. The minimum absolute atomic E-state index is 0. The average molecular weight is 730 g/mol. The molecule has 0 aliphatic carbocycles. The smallest absolute Gasteiger partial charge is 0.305 e. The predicted octanol–water partition coefficient (Wildman–Crippen LogP) is 10.1. The number of carbonyl (C=O) groups excluding carboxylic acids is 1. The molecule has 1 N–H and O–H groups in total. The Hall–Kier alpha value is -0.580. The zero-order chi connectivity index (χ0) is 33.6. The van der Waals surface area contributed by atoms with Crippen LogP contribution >= 0.6 is 0 Å². The third-order valence-corrected chi connectivity index (χ3v) is 9.78. The second-order valence-corrected chi connectivity index (χ2v) is 14.2. The number of hydrogen-bond acceptors (Lipinski definition) is 3. The van der Waals surface area contributed by atoms with Crippen LogP contribution in [0.1, 0.15) is 233 Å². The maximum absolute atomic E-state index is 11.2. The van der Waals surface area contributed by atoms with E-state index in [0.29, 0.717) is 13.0 Å². The van der Waals surface area contributed by atoms with Crippen molar-refractivity contribution in [3.8, 4) is 0 Å². The van der Waals surface area contributed by atoms with Crippen molar-refractivity contribution >= 4 is 11.8 Å².